The number of hydrogen-bond donors (Lipinski definition) is 6. The van der Waals surface area contributed by atoms with Crippen molar-refractivity contribution in [2.24, 2.45) is 11.8 Å². The van der Waals surface area contributed by atoms with Crippen LogP contribution in [0.15, 0.2) is 0 Å². The Labute approximate surface area is 308 Å². The quantitative estimate of drug-likeness (QED) is 0.132. The van der Waals surface area contributed by atoms with E-state index in [1.54, 1.807) is 13.8 Å². The van der Waals surface area contributed by atoms with Gasteiger partial charge in [-0.2, -0.15) is 0 Å². The number of rotatable bonds is 16. The third kappa shape index (κ3) is 11.9. The zero-order valence-corrected chi connectivity index (χ0v) is 31.6. The number of carbonyl (C=O) groups excluding carboxylic acids is 7. The summed E-state index contributed by atoms with van der Waals surface area (Å²) in [6.45, 7) is 15.3. The van der Waals surface area contributed by atoms with E-state index in [1.165, 1.54) is 23.6 Å². The van der Waals surface area contributed by atoms with Gasteiger partial charge in [0.05, 0.1) is 6.10 Å². The molecule has 7 amide bonds. The van der Waals surface area contributed by atoms with Gasteiger partial charge in [0, 0.05) is 26.6 Å². The molecule has 0 bridgehead atoms. The van der Waals surface area contributed by atoms with Crippen LogP contribution in [0.4, 0.5) is 0 Å². The monoisotopic (exact) mass is 731 g/mol. The molecule has 1 aliphatic carbocycles. The lowest BCUT2D eigenvalue weighted by Gasteiger charge is -2.39. The molecule has 0 aromatic heterocycles. The van der Waals surface area contributed by atoms with E-state index in [0.717, 1.165) is 32.1 Å². The normalized spacial score (nSPS) is 22.4. The van der Waals surface area contributed by atoms with Crippen molar-refractivity contribution in [3.63, 3.8) is 0 Å². The van der Waals surface area contributed by atoms with Gasteiger partial charge in [0.2, 0.25) is 41.4 Å². The van der Waals surface area contributed by atoms with Crippen molar-refractivity contribution in [2.45, 2.75) is 154 Å². The van der Waals surface area contributed by atoms with Crippen LogP contribution in [0.2, 0.25) is 0 Å². The molecule has 3 rings (SSSR count). The number of nitrogens with zero attached hydrogens (tertiary/aromatic N) is 2. The smallest absolute Gasteiger partial charge is 0.246 e. The van der Waals surface area contributed by atoms with Crippen molar-refractivity contribution in [3.05, 3.63) is 6.92 Å². The van der Waals surface area contributed by atoms with Crippen molar-refractivity contribution < 1.29 is 38.7 Å². The highest BCUT2D eigenvalue weighted by molar-refractivity contribution is 5.97. The second-order valence-electron chi connectivity index (χ2n) is 15.0. The minimum atomic E-state index is -1.51. The standard InChI is InChI=1S/C37H61N7O8/c1-7-18-38-35(50)31(24(5)45)42-34(49)29-17-13-20-43(29)36(51)23(4)39-33(48)28-16-11-12-19-44(28)37(52)30(22(2)3)41-32(47)27(40-25(6)46)21-26-14-9-8-10-15-26/h4,22-24,26-31,45H,7-21H2,1-3,5-6H3,(H,38,50)(H,39,48)(H,40,46)(H,41,47)(H,42,49)/t23-,24?,27-,28-,29-,30-,31-/m0/s1. The molecule has 2 saturated heterocycles. The molecule has 2 aliphatic heterocycles. The van der Waals surface area contributed by atoms with Crippen LogP contribution in [0.5, 0.6) is 0 Å². The minimum Gasteiger partial charge on any atom is -0.391 e. The lowest BCUT2D eigenvalue weighted by molar-refractivity contribution is -0.147. The van der Waals surface area contributed by atoms with Gasteiger partial charge in [-0.1, -0.05) is 52.9 Å². The van der Waals surface area contributed by atoms with E-state index in [2.05, 4.69) is 26.6 Å². The Morgan fingerprint density at radius 2 is 1.29 bits per heavy atom. The van der Waals surface area contributed by atoms with Crippen LogP contribution < -0.4 is 26.6 Å². The van der Waals surface area contributed by atoms with Gasteiger partial charge in [-0.15, -0.1) is 0 Å². The van der Waals surface area contributed by atoms with Crippen LogP contribution in [0, 0.1) is 18.8 Å². The van der Waals surface area contributed by atoms with Crippen molar-refractivity contribution >= 4 is 41.4 Å². The predicted molar refractivity (Wildman–Crippen MR) is 193 cm³/mol. The molecule has 7 atom stereocenters. The van der Waals surface area contributed by atoms with Crippen molar-refractivity contribution in [3.8, 4) is 0 Å². The fourth-order valence-corrected chi connectivity index (χ4v) is 7.45. The zero-order chi connectivity index (χ0) is 38.5. The molecule has 3 aliphatic rings. The molecule has 15 heteroatoms. The molecule has 1 unspecified atom stereocenters. The van der Waals surface area contributed by atoms with E-state index < -0.39 is 77.8 Å². The summed E-state index contributed by atoms with van der Waals surface area (Å²) in [7, 11) is 0. The number of nitrogens with one attached hydrogen (secondary N) is 5. The van der Waals surface area contributed by atoms with Crippen LogP contribution in [-0.4, -0.2) is 118 Å². The Morgan fingerprint density at radius 3 is 1.88 bits per heavy atom. The molecule has 1 saturated carbocycles. The third-order valence-electron chi connectivity index (χ3n) is 10.3. The number of aliphatic hydroxyl groups excluding tert-OH is 1. The SMILES string of the molecule is [CH][C@H](NC(=O)[C@@H]1CCCCN1C(=O)[C@@H](NC(=O)[C@H](CC1CCCCC1)NC(C)=O)C(C)C)C(=O)N1CCC[C@H]1C(=O)N[C@H](C(=O)NCCC)C(C)O. The second kappa shape index (κ2) is 20.5. The lowest BCUT2D eigenvalue weighted by atomic mass is 9.84. The maximum absolute atomic E-state index is 14.1. The highest BCUT2D eigenvalue weighted by atomic mass is 16.3. The van der Waals surface area contributed by atoms with E-state index in [9.17, 15) is 38.7 Å². The minimum absolute atomic E-state index is 0.200. The molecule has 6 N–H and O–H groups in total. The summed E-state index contributed by atoms with van der Waals surface area (Å²) in [4.78, 5) is 95.3. The number of carbonyl (C=O) groups is 7. The topological polar surface area (TPSA) is 206 Å². The van der Waals surface area contributed by atoms with Gasteiger partial charge in [0.25, 0.3) is 0 Å². The van der Waals surface area contributed by atoms with Crippen LogP contribution in [0.25, 0.3) is 0 Å². The van der Waals surface area contributed by atoms with Crippen LogP contribution in [0.1, 0.15) is 112 Å². The number of amides is 7. The molecule has 0 aromatic rings. The fourth-order valence-electron chi connectivity index (χ4n) is 7.45. The van der Waals surface area contributed by atoms with E-state index in [-0.39, 0.29) is 24.9 Å². The summed E-state index contributed by atoms with van der Waals surface area (Å²) in [6.07, 6.45) is 7.67. The summed E-state index contributed by atoms with van der Waals surface area (Å²) in [5.74, 6) is -3.72. The Morgan fingerprint density at radius 1 is 0.712 bits per heavy atom. The first kappa shape index (κ1) is 42.7. The van der Waals surface area contributed by atoms with Crippen molar-refractivity contribution in [1.82, 2.24) is 36.4 Å². The summed E-state index contributed by atoms with van der Waals surface area (Å²) < 4.78 is 0. The van der Waals surface area contributed by atoms with E-state index in [4.69, 9.17) is 6.92 Å². The van der Waals surface area contributed by atoms with Gasteiger partial charge in [-0.3, -0.25) is 33.6 Å². The first-order chi connectivity index (χ1) is 24.7. The van der Waals surface area contributed by atoms with Gasteiger partial charge < -0.3 is 41.5 Å². The van der Waals surface area contributed by atoms with Crippen molar-refractivity contribution in [2.75, 3.05) is 19.6 Å². The lowest BCUT2D eigenvalue weighted by Crippen LogP contribution is -2.62. The average molecular weight is 732 g/mol. The largest absolute Gasteiger partial charge is 0.391 e. The van der Waals surface area contributed by atoms with E-state index >= 15 is 0 Å². The van der Waals surface area contributed by atoms with Crippen LogP contribution >= 0.6 is 0 Å². The molecule has 52 heavy (non-hydrogen) atoms. The first-order valence-electron chi connectivity index (χ1n) is 19.2. The van der Waals surface area contributed by atoms with Gasteiger partial charge >= 0.3 is 0 Å². The van der Waals surface area contributed by atoms with Gasteiger partial charge in [0.15, 0.2) is 0 Å². The number of likely N-dealkylation sites (tertiary alicyclic amines) is 2. The van der Waals surface area contributed by atoms with E-state index in [1.807, 2.05) is 6.92 Å². The molecule has 0 spiro atoms. The maximum atomic E-state index is 14.1. The molecular weight excluding hydrogens is 670 g/mol. The Kier molecular flexibility index (Phi) is 16.8. The molecule has 2 radical (unpaired) electrons. The van der Waals surface area contributed by atoms with Gasteiger partial charge in [-0.25, -0.2) is 0 Å². The average Bonchev–Trinajstić information content (AvgIpc) is 3.61. The predicted octanol–water partition coefficient (Wildman–Crippen LogP) is 0.562. The highest BCUT2D eigenvalue weighted by Crippen LogP contribution is 2.28. The zero-order valence-electron chi connectivity index (χ0n) is 31.6. The van der Waals surface area contributed by atoms with Crippen LogP contribution in [-0.2, 0) is 33.6 Å². The van der Waals surface area contributed by atoms with Gasteiger partial charge in [0.1, 0.15) is 36.3 Å². The number of piperidine rings is 1. The molecule has 3 fully saturated rings. The molecular formula is C37H61N7O8. The fraction of sp³-hybridized carbons (Fsp3) is 0.784. The second-order valence-corrected chi connectivity index (χ2v) is 15.0. The summed E-state index contributed by atoms with van der Waals surface area (Å²) in [5, 5.41) is 23.5. The molecule has 0 aromatic carbocycles. The first-order valence-corrected chi connectivity index (χ1v) is 19.2. The summed E-state index contributed by atoms with van der Waals surface area (Å²) in [5.41, 5.74) is 0. The number of hydrogen-bond acceptors (Lipinski definition) is 8. The van der Waals surface area contributed by atoms with E-state index in [0.29, 0.717) is 57.4 Å². The molecule has 292 valence electrons. The molecule has 2 heterocycles. The maximum Gasteiger partial charge on any atom is 0.246 e. The van der Waals surface area contributed by atoms with Crippen LogP contribution in [0.3, 0.4) is 0 Å². The summed E-state index contributed by atoms with van der Waals surface area (Å²) in [6, 6.07) is -6.38. The van der Waals surface area contributed by atoms with Crippen molar-refractivity contribution in [1.29, 1.82) is 0 Å². The highest BCUT2D eigenvalue weighted by Gasteiger charge is 2.41. The Bertz CT molecular complexity index is 1270. The van der Waals surface area contributed by atoms with Gasteiger partial charge in [-0.05, 0) is 70.6 Å². The molecule has 15 nitrogen and oxygen atoms in total. The summed E-state index contributed by atoms with van der Waals surface area (Å²) >= 11 is 0. The number of aliphatic hydroxyl groups is 1. The Hall–Kier alpha value is -3.75. The Balaban J connectivity index is 1.67. The third-order valence-corrected chi connectivity index (χ3v) is 10.3.